The molecule has 16 atom stereocenters. The highest BCUT2D eigenvalue weighted by Gasteiger charge is 2.62. The monoisotopic (exact) mass is 1380 g/mol. The molecule has 0 amide bonds. The predicted octanol–water partition coefficient (Wildman–Crippen LogP) is 14.5. The third-order valence-corrected chi connectivity index (χ3v) is 17.5. The van der Waals surface area contributed by atoms with Crippen LogP contribution in [0.3, 0.4) is 0 Å². The smallest absolute Gasteiger partial charge is 0.346 e. The lowest BCUT2D eigenvalue weighted by Gasteiger charge is -2.25. The van der Waals surface area contributed by atoms with Crippen LogP contribution in [0.25, 0.3) is 0 Å². The van der Waals surface area contributed by atoms with Gasteiger partial charge in [-0.25, -0.2) is 9.59 Å². The molecule has 14 aliphatic rings. The van der Waals surface area contributed by atoms with E-state index in [1.807, 2.05) is 6.92 Å². The van der Waals surface area contributed by atoms with Crippen molar-refractivity contribution >= 4 is 83.6 Å². The molecule has 1 aromatic rings. The van der Waals surface area contributed by atoms with Gasteiger partial charge in [-0.15, -0.1) is 0 Å². The second-order valence-corrected chi connectivity index (χ2v) is 27.1. The van der Waals surface area contributed by atoms with Gasteiger partial charge in [-0.3, -0.25) is 57.5 Å². The lowest BCUT2D eigenvalue weighted by Crippen LogP contribution is -2.29. The summed E-state index contributed by atoms with van der Waals surface area (Å²) in [6, 6.07) is 6.53. The Balaban J connectivity index is 0.000000372. The maximum atomic E-state index is 11.2. The Bertz CT molecular complexity index is 2580. The van der Waals surface area contributed by atoms with Crippen LogP contribution in [0, 0.1) is 82.9 Å². The van der Waals surface area contributed by atoms with Crippen molar-refractivity contribution in [3.05, 3.63) is 35.4 Å². The van der Waals surface area contributed by atoms with E-state index in [4.69, 9.17) is 4.74 Å². The number of carbonyl (C=O) groups is 14. The molecule has 4 bridgehead atoms. The van der Waals surface area contributed by atoms with Gasteiger partial charge in [0.05, 0.1) is 95.4 Å². The molecule has 16 unspecified atom stereocenters. The Morgan fingerprint density at radius 3 is 1.01 bits per heavy atom. The summed E-state index contributed by atoms with van der Waals surface area (Å²) in [5.41, 5.74) is 0.718. The maximum absolute atomic E-state index is 11.2. The molecule has 9 heterocycles. The third-order valence-electron chi connectivity index (χ3n) is 17.5. The molecule has 9 aliphatic heterocycles. The molecular weight excluding hydrogens is 1260 g/mol. The number of fused-ring (bicyclic) bond motifs is 14. The highest BCUT2D eigenvalue weighted by Crippen LogP contribution is 2.55. The first kappa shape index (κ1) is 87.2. The van der Waals surface area contributed by atoms with E-state index in [9.17, 15) is 67.1 Å². The van der Waals surface area contributed by atoms with Gasteiger partial charge in [-0.1, -0.05) is 187 Å². The summed E-state index contributed by atoms with van der Waals surface area (Å²) in [6.45, 7) is 33.9. The summed E-state index contributed by atoms with van der Waals surface area (Å²) in [4.78, 5) is 153. The van der Waals surface area contributed by atoms with Gasteiger partial charge in [-0.05, 0) is 113 Å². The van der Waals surface area contributed by atoms with Crippen LogP contribution in [0.5, 0.6) is 0 Å². The van der Waals surface area contributed by atoms with E-state index in [2.05, 4.69) is 137 Å². The standard InChI is InChI=1S/C9H10O3.2C9H12O3.C8H8O4.C8H10O3.C8H4O3.C4H4O3.7C3H8/c10-8-6-4-1-2-5(3-4)7(6)9(11)12-8;1-5-2-3-6-7(4-5)9(11)12-8(6)10;1-5-3-2-4-6-7(5)9(11)12-8(6)10;9-7-5-3-1-2-4(11-3)6(5)8(10)12-7;2*9-7-5-3-1-2-4-6(5)8(10)11-7;5-3-1-2-4(6)7-3;7*1-3-2/h4-7H,1-3H2;2*5-7H,2-4H2,1H3;3-6H,1-2H2;5-6H,1-4H2;1-4H;1-2H2;7*3H2,1-2H3. The van der Waals surface area contributed by atoms with E-state index in [0.29, 0.717) is 34.8 Å². The van der Waals surface area contributed by atoms with Gasteiger partial charge in [-0.2, -0.15) is 0 Å². The van der Waals surface area contributed by atoms with Crippen LogP contribution in [0.1, 0.15) is 286 Å². The lowest BCUT2D eigenvalue weighted by atomic mass is 9.74. The zero-order valence-corrected chi connectivity index (χ0v) is 61.5. The Morgan fingerprint density at radius 2 is 0.633 bits per heavy atom. The molecule has 0 aromatic heterocycles. The summed E-state index contributed by atoms with van der Waals surface area (Å²) in [6.07, 6.45) is 23.7. The minimum atomic E-state index is -0.550. The van der Waals surface area contributed by atoms with Crippen LogP contribution in [0.4, 0.5) is 0 Å². The number of cyclic esters (lactones) is 14. The summed E-state index contributed by atoms with van der Waals surface area (Å²) in [5, 5.41) is 0. The van der Waals surface area contributed by atoms with Crippen LogP contribution in [0.15, 0.2) is 24.3 Å². The number of carbonyl (C=O) groups excluding carboxylic acids is 14. The average Bonchev–Trinajstić information content (AvgIpc) is 1.60. The molecule has 5 saturated carbocycles. The minimum Gasteiger partial charge on any atom is -0.393 e. The molecule has 0 spiro atoms. The fourth-order valence-corrected chi connectivity index (χ4v) is 13.6. The summed E-state index contributed by atoms with van der Waals surface area (Å²) < 4.78 is 36.8. The molecule has 1 aromatic carbocycles. The highest BCUT2D eigenvalue weighted by molar-refractivity contribution is 6.14. The van der Waals surface area contributed by atoms with Crippen molar-refractivity contribution in [3.8, 4) is 0 Å². The average molecular weight is 1380 g/mol. The predicted molar refractivity (Wildman–Crippen MR) is 362 cm³/mol. The zero-order chi connectivity index (χ0) is 73.9. The SMILES string of the molecule is CC1CCC2C(=O)OC(=O)C2C1.CC1CCCC2C(=O)OC(=O)C12.CCC.CCC.CCC.CCC.CCC.CCC.CCC.O=C1CCC(=O)O1.O=C1OC(=O)C2C3CCC(C3)C12.O=C1OC(=O)C2C3CCC(O3)C12.O=C1OC(=O)C2CCCCC12.O=C1OC(=O)c2ccccc21. The molecule has 15 rings (SSSR count). The number of benzene rings is 1. The Kier molecular flexibility index (Phi) is 40.7. The maximum Gasteiger partial charge on any atom is 0.346 e. The molecule has 0 N–H and O–H groups in total. The van der Waals surface area contributed by atoms with Crippen LogP contribution in [0.2, 0.25) is 0 Å². The first-order valence-electron chi connectivity index (χ1n) is 36.7. The van der Waals surface area contributed by atoms with Crippen molar-refractivity contribution in [1.82, 2.24) is 0 Å². The minimum absolute atomic E-state index is 0.0426. The van der Waals surface area contributed by atoms with E-state index in [1.165, 1.54) is 44.9 Å². The van der Waals surface area contributed by atoms with Crippen molar-refractivity contribution in [2.45, 2.75) is 277 Å². The first-order chi connectivity index (χ1) is 46.7. The summed E-state index contributed by atoms with van der Waals surface area (Å²) >= 11 is 0. The summed E-state index contributed by atoms with van der Waals surface area (Å²) in [7, 11) is 0. The van der Waals surface area contributed by atoms with E-state index < -0.39 is 23.9 Å². The molecular formula is C76H116O22. The van der Waals surface area contributed by atoms with E-state index in [0.717, 1.165) is 96.3 Å². The Morgan fingerprint density at radius 1 is 0.306 bits per heavy atom. The largest absolute Gasteiger partial charge is 0.393 e. The van der Waals surface area contributed by atoms with Gasteiger partial charge in [0, 0.05) is 0 Å². The van der Waals surface area contributed by atoms with Gasteiger partial charge in [0.15, 0.2) is 0 Å². The van der Waals surface area contributed by atoms with Crippen LogP contribution in [-0.4, -0.2) is 95.8 Å². The van der Waals surface area contributed by atoms with Gasteiger partial charge in [0.25, 0.3) is 0 Å². The molecule has 552 valence electrons. The molecule has 22 nitrogen and oxygen atoms in total. The van der Waals surface area contributed by atoms with E-state index >= 15 is 0 Å². The number of rotatable bonds is 0. The van der Waals surface area contributed by atoms with Crippen molar-refractivity contribution < 1.29 is 105 Å². The second kappa shape index (κ2) is 45.8. The van der Waals surface area contributed by atoms with Crippen LogP contribution < -0.4 is 0 Å². The van der Waals surface area contributed by atoms with Crippen LogP contribution in [-0.2, 0) is 95.4 Å². The van der Waals surface area contributed by atoms with Crippen molar-refractivity contribution in [2.75, 3.05) is 0 Å². The second-order valence-electron chi connectivity index (χ2n) is 27.1. The van der Waals surface area contributed by atoms with Gasteiger partial charge >= 0.3 is 83.6 Å². The van der Waals surface area contributed by atoms with Crippen molar-refractivity contribution in [1.29, 1.82) is 0 Å². The van der Waals surface area contributed by atoms with E-state index in [-0.39, 0.29) is 144 Å². The first-order valence-corrected chi connectivity index (χ1v) is 36.7. The fraction of sp³-hybridized carbons (Fsp3) is 0.737. The number of hydrogen-bond acceptors (Lipinski definition) is 22. The van der Waals surface area contributed by atoms with Crippen LogP contribution >= 0.6 is 0 Å². The molecule has 22 heteroatoms. The Hall–Kier alpha value is -6.84. The fourth-order valence-electron chi connectivity index (χ4n) is 13.6. The molecule has 8 saturated heterocycles. The molecule has 0 radical (unpaired) electrons. The van der Waals surface area contributed by atoms with Gasteiger partial charge in [0.1, 0.15) is 0 Å². The molecule has 5 aliphatic carbocycles. The zero-order valence-electron chi connectivity index (χ0n) is 61.5. The number of hydrogen-bond donors (Lipinski definition) is 0. The van der Waals surface area contributed by atoms with Crippen molar-refractivity contribution in [3.63, 3.8) is 0 Å². The number of ether oxygens (including phenoxy) is 8. The van der Waals surface area contributed by atoms with Crippen molar-refractivity contribution in [2.24, 2.45) is 82.9 Å². The Labute approximate surface area is 581 Å². The summed E-state index contributed by atoms with van der Waals surface area (Å²) in [5.74, 6) is -4.50. The highest BCUT2D eigenvalue weighted by atomic mass is 16.6. The van der Waals surface area contributed by atoms with Gasteiger partial charge < -0.3 is 37.9 Å². The topological polar surface area (TPSA) is 313 Å². The van der Waals surface area contributed by atoms with E-state index in [1.54, 1.807) is 24.3 Å². The third kappa shape index (κ3) is 25.4. The quantitative estimate of drug-likeness (QED) is 0.132. The molecule has 13 fully saturated rings. The van der Waals surface area contributed by atoms with Gasteiger partial charge in [0.2, 0.25) is 0 Å². The number of esters is 14. The lowest BCUT2D eigenvalue weighted by molar-refractivity contribution is -0.158. The molecule has 98 heavy (non-hydrogen) atoms. The normalized spacial score (nSPS) is 30.7.